The summed E-state index contributed by atoms with van der Waals surface area (Å²) >= 11 is 5.37. The molecule has 0 radical (unpaired) electrons. The third-order valence-corrected chi connectivity index (χ3v) is 4.93. The van der Waals surface area contributed by atoms with Crippen LogP contribution in [0.15, 0.2) is 21.3 Å². The molecule has 0 aliphatic carbocycles. The summed E-state index contributed by atoms with van der Waals surface area (Å²) in [6.07, 6.45) is 0.976. The molecule has 2 aromatic heterocycles. The van der Waals surface area contributed by atoms with Crippen molar-refractivity contribution in [2.45, 2.75) is 39.8 Å². The molecule has 0 aliphatic heterocycles. The number of rotatable bonds is 6. The molecule has 1 unspecified atom stereocenters. The number of hydrogen-bond acceptors (Lipinski definition) is 3. The van der Waals surface area contributed by atoms with Crippen molar-refractivity contribution in [3.05, 3.63) is 38.3 Å². The van der Waals surface area contributed by atoms with Crippen molar-refractivity contribution < 1.29 is 0 Å². The van der Waals surface area contributed by atoms with Crippen LogP contribution in [0.4, 0.5) is 0 Å². The van der Waals surface area contributed by atoms with Gasteiger partial charge in [0.15, 0.2) is 0 Å². The Labute approximate surface area is 127 Å². The summed E-state index contributed by atoms with van der Waals surface area (Å²) < 4.78 is 3.28. The summed E-state index contributed by atoms with van der Waals surface area (Å²) in [6.45, 7) is 8.26. The smallest absolute Gasteiger partial charge is 0.0767 e. The lowest BCUT2D eigenvalue weighted by Gasteiger charge is -2.18. The van der Waals surface area contributed by atoms with Gasteiger partial charge in [-0.3, -0.25) is 4.68 Å². The van der Waals surface area contributed by atoms with E-state index < -0.39 is 0 Å². The molecule has 1 atom stereocenters. The molecule has 104 valence electrons. The van der Waals surface area contributed by atoms with Crippen LogP contribution in [0.3, 0.4) is 0 Å². The Morgan fingerprint density at radius 3 is 2.68 bits per heavy atom. The van der Waals surface area contributed by atoms with E-state index in [2.05, 4.69) is 68.6 Å². The van der Waals surface area contributed by atoms with Gasteiger partial charge in [0.1, 0.15) is 0 Å². The molecule has 0 aliphatic rings. The van der Waals surface area contributed by atoms with Gasteiger partial charge < -0.3 is 5.32 Å². The average Bonchev–Trinajstić information content (AvgIpc) is 3.02. The van der Waals surface area contributed by atoms with Gasteiger partial charge in [-0.1, -0.05) is 13.8 Å². The van der Waals surface area contributed by atoms with Crippen LogP contribution in [0.25, 0.3) is 0 Å². The number of hydrogen-bond donors (Lipinski definition) is 1. The Kier molecular flexibility index (Phi) is 5.19. The molecule has 19 heavy (non-hydrogen) atoms. The molecule has 0 spiro atoms. The van der Waals surface area contributed by atoms with E-state index in [1.807, 2.05) is 0 Å². The van der Waals surface area contributed by atoms with Crippen LogP contribution >= 0.6 is 27.3 Å². The van der Waals surface area contributed by atoms with E-state index in [4.69, 9.17) is 0 Å². The first-order valence-corrected chi connectivity index (χ1v) is 8.46. The molecule has 5 heteroatoms. The van der Waals surface area contributed by atoms with Gasteiger partial charge >= 0.3 is 0 Å². The van der Waals surface area contributed by atoms with Gasteiger partial charge in [0.2, 0.25) is 0 Å². The Bertz CT molecular complexity index is 533. The third-order valence-electron chi connectivity index (χ3n) is 3.18. The second-order valence-electron chi connectivity index (χ2n) is 4.40. The molecule has 2 aromatic rings. The summed E-state index contributed by atoms with van der Waals surface area (Å²) in [5.74, 6) is 0. The number of nitrogens with one attached hydrogen (secondary N) is 1. The van der Waals surface area contributed by atoms with E-state index in [0.717, 1.165) is 25.2 Å². The minimum atomic E-state index is 0.207. The van der Waals surface area contributed by atoms with Crippen LogP contribution in [-0.2, 0) is 13.0 Å². The molecular formula is C14H20BrN3S. The number of halogens is 1. The van der Waals surface area contributed by atoms with Crippen LogP contribution in [0.2, 0.25) is 0 Å². The van der Waals surface area contributed by atoms with Gasteiger partial charge in [-0.15, -0.1) is 0 Å². The van der Waals surface area contributed by atoms with E-state index >= 15 is 0 Å². The molecule has 2 heterocycles. The zero-order valence-corrected chi connectivity index (χ0v) is 14.0. The summed E-state index contributed by atoms with van der Waals surface area (Å²) in [4.78, 5) is 0. The van der Waals surface area contributed by atoms with E-state index in [1.165, 1.54) is 15.7 Å². The fourth-order valence-electron chi connectivity index (χ4n) is 2.22. The van der Waals surface area contributed by atoms with Gasteiger partial charge in [-0.25, -0.2) is 0 Å². The zero-order valence-electron chi connectivity index (χ0n) is 11.6. The topological polar surface area (TPSA) is 29.9 Å². The monoisotopic (exact) mass is 341 g/mol. The molecule has 0 fully saturated rings. The summed E-state index contributed by atoms with van der Waals surface area (Å²) in [5, 5.41) is 12.6. The van der Waals surface area contributed by atoms with Crippen molar-refractivity contribution in [2.75, 3.05) is 6.54 Å². The van der Waals surface area contributed by atoms with E-state index in [9.17, 15) is 0 Å². The summed E-state index contributed by atoms with van der Waals surface area (Å²) in [7, 11) is 0. The Morgan fingerprint density at radius 1 is 1.37 bits per heavy atom. The SMILES string of the molecule is CCNC(c1cscc1Br)c1cc(CC)nn1CC. The minimum absolute atomic E-state index is 0.207. The first kappa shape index (κ1) is 14.8. The highest BCUT2D eigenvalue weighted by Crippen LogP contribution is 2.32. The van der Waals surface area contributed by atoms with Crippen molar-refractivity contribution in [3.63, 3.8) is 0 Å². The molecule has 0 saturated carbocycles. The first-order valence-electron chi connectivity index (χ1n) is 6.72. The quantitative estimate of drug-likeness (QED) is 0.860. The average molecular weight is 342 g/mol. The van der Waals surface area contributed by atoms with Gasteiger partial charge in [0, 0.05) is 16.4 Å². The predicted molar refractivity (Wildman–Crippen MR) is 84.8 cm³/mol. The lowest BCUT2D eigenvalue weighted by atomic mass is 10.1. The van der Waals surface area contributed by atoms with E-state index in [-0.39, 0.29) is 6.04 Å². The zero-order chi connectivity index (χ0) is 13.8. The number of aromatic nitrogens is 2. The fraction of sp³-hybridized carbons (Fsp3) is 0.500. The van der Waals surface area contributed by atoms with Gasteiger partial charge in [-0.05, 0) is 52.8 Å². The molecular weight excluding hydrogens is 322 g/mol. The maximum atomic E-state index is 4.65. The van der Waals surface area contributed by atoms with Crippen LogP contribution in [0.1, 0.15) is 43.8 Å². The van der Waals surface area contributed by atoms with Crippen LogP contribution in [-0.4, -0.2) is 16.3 Å². The Balaban J connectivity index is 2.44. The highest BCUT2D eigenvalue weighted by molar-refractivity contribution is 9.10. The van der Waals surface area contributed by atoms with E-state index in [0.29, 0.717) is 0 Å². The molecule has 0 saturated heterocycles. The molecule has 1 N–H and O–H groups in total. The van der Waals surface area contributed by atoms with Crippen LogP contribution in [0, 0.1) is 0 Å². The van der Waals surface area contributed by atoms with Crippen LogP contribution in [0.5, 0.6) is 0 Å². The second kappa shape index (κ2) is 6.68. The van der Waals surface area contributed by atoms with Crippen molar-refractivity contribution in [3.8, 4) is 0 Å². The van der Waals surface area contributed by atoms with Crippen molar-refractivity contribution in [1.82, 2.24) is 15.1 Å². The molecule has 2 rings (SSSR count). The Morgan fingerprint density at radius 2 is 2.16 bits per heavy atom. The number of nitrogens with zero attached hydrogens (tertiary/aromatic N) is 2. The summed E-state index contributed by atoms with van der Waals surface area (Å²) in [5.41, 5.74) is 3.70. The fourth-order valence-corrected chi connectivity index (χ4v) is 3.77. The second-order valence-corrected chi connectivity index (χ2v) is 5.99. The van der Waals surface area contributed by atoms with Gasteiger partial charge in [0.05, 0.1) is 17.4 Å². The van der Waals surface area contributed by atoms with Crippen LogP contribution < -0.4 is 5.32 Å². The molecule has 0 bridgehead atoms. The molecule has 0 amide bonds. The number of aryl methyl sites for hydroxylation is 2. The maximum Gasteiger partial charge on any atom is 0.0767 e. The van der Waals surface area contributed by atoms with E-state index in [1.54, 1.807) is 11.3 Å². The van der Waals surface area contributed by atoms with Gasteiger partial charge in [0.25, 0.3) is 0 Å². The molecule has 0 aromatic carbocycles. The van der Waals surface area contributed by atoms with Crippen molar-refractivity contribution in [1.29, 1.82) is 0 Å². The van der Waals surface area contributed by atoms with Gasteiger partial charge in [-0.2, -0.15) is 16.4 Å². The highest BCUT2D eigenvalue weighted by atomic mass is 79.9. The lowest BCUT2D eigenvalue weighted by molar-refractivity contribution is 0.540. The largest absolute Gasteiger partial charge is 0.305 e. The summed E-state index contributed by atoms with van der Waals surface area (Å²) in [6, 6.07) is 2.43. The van der Waals surface area contributed by atoms with Crippen molar-refractivity contribution in [2.24, 2.45) is 0 Å². The first-order chi connectivity index (χ1) is 9.21. The number of thiophene rings is 1. The maximum absolute atomic E-state index is 4.65. The Hall–Kier alpha value is -0.650. The third kappa shape index (κ3) is 3.09. The highest BCUT2D eigenvalue weighted by Gasteiger charge is 2.21. The minimum Gasteiger partial charge on any atom is -0.305 e. The predicted octanol–water partition coefficient (Wildman–Crippen LogP) is 3.99. The lowest BCUT2D eigenvalue weighted by Crippen LogP contribution is -2.24. The molecule has 3 nitrogen and oxygen atoms in total. The normalized spacial score (nSPS) is 12.8. The van der Waals surface area contributed by atoms with Crippen molar-refractivity contribution >= 4 is 27.3 Å². The standard InChI is InChI=1S/C14H20BrN3S/c1-4-10-7-13(18(6-3)17-10)14(16-5-2)11-8-19-9-12(11)15/h7-9,14,16H,4-6H2,1-3H3.